The highest BCUT2D eigenvalue weighted by molar-refractivity contribution is 9.10. The highest BCUT2D eigenvalue weighted by Crippen LogP contribution is 2.22. The van der Waals surface area contributed by atoms with Gasteiger partial charge in [-0.15, -0.1) is 0 Å². The lowest BCUT2D eigenvalue weighted by atomic mass is 10.1. The molecule has 3 nitrogen and oxygen atoms in total. The molecule has 0 saturated heterocycles. The Morgan fingerprint density at radius 3 is 2.53 bits per heavy atom. The average Bonchev–Trinajstić information content (AvgIpc) is 2.59. The first-order valence-electron chi connectivity index (χ1n) is 6.02. The van der Waals surface area contributed by atoms with Crippen LogP contribution in [0.25, 0.3) is 5.65 Å². The van der Waals surface area contributed by atoms with Crippen LogP contribution in [0.4, 0.5) is 0 Å². The summed E-state index contributed by atoms with van der Waals surface area (Å²) in [5, 5.41) is 4.51. The minimum absolute atomic E-state index is 0.501. The Morgan fingerprint density at radius 2 is 1.94 bits per heavy atom. The van der Waals surface area contributed by atoms with E-state index in [9.17, 15) is 0 Å². The SMILES string of the molecule is CC(C)Cc1nc2cc(C(C)C)cc(Br)n2n1. The summed E-state index contributed by atoms with van der Waals surface area (Å²) >= 11 is 3.56. The summed E-state index contributed by atoms with van der Waals surface area (Å²) in [7, 11) is 0. The van der Waals surface area contributed by atoms with Crippen LogP contribution in [0, 0.1) is 5.92 Å². The van der Waals surface area contributed by atoms with Gasteiger partial charge in [0.1, 0.15) is 4.60 Å². The molecular formula is C13H18BrN3. The van der Waals surface area contributed by atoms with Gasteiger partial charge in [0.05, 0.1) is 0 Å². The van der Waals surface area contributed by atoms with Gasteiger partial charge < -0.3 is 0 Å². The highest BCUT2D eigenvalue weighted by atomic mass is 79.9. The normalized spacial score (nSPS) is 11.9. The van der Waals surface area contributed by atoms with Crippen molar-refractivity contribution < 1.29 is 0 Å². The molecule has 0 aliphatic rings. The van der Waals surface area contributed by atoms with Crippen LogP contribution in [0.3, 0.4) is 0 Å². The van der Waals surface area contributed by atoms with Gasteiger partial charge in [0, 0.05) is 6.42 Å². The predicted molar refractivity (Wildman–Crippen MR) is 73.3 cm³/mol. The Bertz CT molecular complexity index is 529. The summed E-state index contributed by atoms with van der Waals surface area (Å²) in [6.45, 7) is 8.73. The van der Waals surface area contributed by atoms with Crippen LogP contribution in [-0.4, -0.2) is 14.6 Å². The summed E-state index contributed by atoms with van der Waals surface area (Å²) in [5.74, 6) is 2.00. The third kappa shape index (κ3) is 2.68. The molecular weight excluding hydrogens is 278 g/mol. The smallest absolute Gasteiger partial charge is 0.157 e. The van der Waals surface area contributed by atoms with Crippen LogP contribution < -0.4 is 0 Å². The molecule has 0 aliphatic carbocycles. The van der Waals surface area contributed by atoms with Crippen molar-refractivity contribution in [2.24, 2.45) is 5.92 Å². The molecule has 2 aromatic rings. The fraction of sp³-hybridized carbons (Fsp3) is 0.538. The molecule has 0 N–H and O–H groups in total. The Hall–Kier alpha value is -0.900. The maximum atomic E-state index is 4.58. The van der Waals surface area contributed by atoms with Crippen molar-refractivity contribution in [3.63, 3.8) is 0 Å². The summed E-state index contributed by atoms with van der Waals surface area (Å²) in [4.78, 5) is 4.58. The predicted octanol–water partition coefficient (Wildman–Crippen LogP) is 3.81. The Labute approximate surface area is 110 Å². The molecule has 0 bridgehead atoms. The molecule has 4 heteroatoms. The van der Waals surface area contributed by atoms with Crippen LogP contribution in [0.15, 0.2) is 16.7 Å². The van der Waals surface area contributed by atoms with Crippen molar-refractivity contribution in [1.29, 1.82) is 0 Å². The Morgan fingerprint density at radius 1 is 1.24 bits per heavy atom. The molecule has 0 radical (unpaired) electrons. The second-order valence-electron chi connectivity index (χ2n) is 5.16. The van der Waals surface area contributed by atoms with Gasteiger partial charge in [-0.05, 0) is 45.5 Å². The van der Waals surface area contributed by atoms with Gasteiger partial charge in [0.2, 0.25) is 0 Å². The number of pyridine rings is 1. The van der Waals surface area contributed by atoms with E-state index in [4.69, 9.17) is 0 Å². The van der Waals surface area contributed by atoms with Gasteiger partial charge in [0.15, 0.2) is 11.5 Å². The molecule has 0 unspecified atom stereocenters. The molecule has 0 aromatic carbocycles. The largest absolute Gasteiger partial charge is 0.212 e. The Kier molecular flexibility index (Phi) is 3.52. The van der Waals surface area contributed by atoms with Crippen LogP contribution >= 0.6 is 15.9 Å². The van der Waals surface area contributed by atoms with E-state index in [-0.39, 0.29) is 0 Å². The molecule has 92 valence electrons. The number of hydrogen-bond acceptors (Lipinski definition) is 2. The second-order valence-corrected chi connectivity index (χ2v) is 5.97. The molecule has 0 aliphatic heterocycles. The first-order valence-corrected chi connectivity index (χ1v) is 6.81. The lowest BCUT2D eigenvalue weighted by Crippen LogP contribution is -1.97. The molecule has 2 aromatic heterocycles. The van der Waals surface area contributed by atoms with Crippen molar-refractivity contribution in [3.8, 4) is 0 Å². The zero-order chi connectivity index (χ0) is 12.6. The van der Waals surface area contributed by atoms with E-state index in [2.05, 4.69) is 65.8 Å². The second kappa shape index (κ2) is 4.77. The van der Waals surface area contributed by atoms with Crippen molar-refractivity contribution in [1.82, 2.24) is 14.6 Å². The van der Waals surface area contributed by atoms with Crippen LogP contribution in [0.1, 0.15) is 45.0 Å². The first-order chi connectivity index (χ1) is 7.97. The zero-order valence-corrected chi connectivity index (χ0v) is 12.3. The maximum absolute atomic E-state index is 4.58. The molecule has 17 heavy (non-hydrogen) atoms. The van der Waals surface area contributed by atoms with E-state index in [1.54, 1.807) is 0 Å². The van der Waals surface area contributed by atoms with Crippen molar-refractivity contribution >= 4 is 21.6 Å². The molecule has 0 amide bonds. The van der Waals surface area contributed by atoms with E-state index in [1.807, 2.05) is 4.52 Å². The van der Waals surface area contributed by atoms with Gasteiger partial charge in [-0.25, -0.2) is 9.50 Å². The van der Waals surface area contributed by atoms with Gasteiger partial charge in [0.25, 0.3) is 0 Å². The molecule has 2 heterocycles. The zero-order valence-electron chi connectivity index (χ0n) is 10.7. The minimum atomic E-state index is 0.501. The van der Waals surface area contributed by atoms with Crippen molar-refractivity contribution in [3.05, 3.63) is 28.1 Å². The van der Waals surface area contributed by atoms with E-state index < -0.39 is 0 Å². The molecule has 0 fully saturated rings. The van der Waals surface area contributed by atoms with Gasteiger partial charge in [-0.2, -0.15) is 5.10 Å². The average molecular weight is 296 g/mol. The molecule has 0 spiro atoms. The number of halogens is 1. The van der Waals surface area contributed by atoms with Crippen LogP contribution in [0.2, 0.25) is 0 Å². The van der Waals surface area contributed by atoms with Gasteiger partial charge in [-0.3, -0.25) is 0 Å². The topological polar surface area (TPSA) is 30.2 Å². The number of nitrogens with zero attached hydrogens (tertiary/aromatic N) is 3. The third-order valence-electron chi connectivity index (χ3n) is 2.72. The van der Waals surface area contributed by atoms with E-state index in [1.165, 1.54) is 5.56 Å². The number of rotatable bonds is 3. The minimum Gasteiger partial charge on any atom is -0.212 e. The maximum Gasteiger partial charge on any atom is 0.157 e. The molecule has 0 atom stereocenters. The van der Waals surface area contributed by atoms with E-state index >= 15 is 0 Å². The third-order valence-corrected chi connectivity index (χ3v) is 3.28. The standard InChI is InChI=1S/C13H18BrN3/c1-8(2)5-12-15-13-7-10(9(3)4)6-11(14)17(13)16-12/h6-9H,5H2,1-4H3. The number of fused-ring (bicyclic) bond motifs is 1. The molecule has 0 saturated carbocycles. The summed E-state index contributed by atoms with van der Waals surface area (Å²) < 4.78 is 2.84. The van der Waals surface area contributed by atoms with Crippen LogP contribution in [0.5, 0.6) is 0 Å². The van der Waals surface area contributed by atoms with Gasteiger partial charge in [-0.1, -0.05) is 27.7 Å². The number of aromatic nitrogens is 3. The quantitative estimate of drug-likeness (QED) is 0.806. The van der Waals surface area contributed by atoms with Crippen molar-refractivity contribution in [2.45, 2.75) is 40.0 Å². The Balaban J connectivity index is 2.49. The van der Waals surface area contributed by atoms with Crippen molar-refractivity contribution in [2.75, 3.05) is 0 Å². The van der Waals surface area contributed by atoms with Crippen LogP contribution in [-0.2, 0) is 6.42 Å². The first kappa shape index (κ1) is 12.6. The fourth-order valence-electron chi connectivity index (χ4n) is 1.79. The highest BCUT2D eigenvalue weighted by Gasteiger charge is 2.10. The van der Waals surface area contributed by atoms with Gasteiger partial charge >= 0.3 is 0 Å². The van der Waals surface area contributed by atoms with E-state index in [0.717, 1.165) is 22.5 Å². The fourth-order valence-corrected chi connectivity index (χ4v) is 2.32. The number of hydrogen-bond donors (Lipinski definition) is 0. The summed E-state index contributed by atoms with van der Waals surface area (Å²) in [6.07, 6.45) is 0.922. The summed E-state index contributed by atoms with van der Waals surface area (Å²) in [6, 6.07) is 4.23. The summed E-state index contributed by atoms with van der Waals surface area (Å²) in [5.41, 5.74) is 2.21. The lowest BCUT2D eigenvalue weighted by molar-refractivity contribution is 0.619. The molecule has 2 rings (SSSR count). The lowest BCUT2D eigenvalue weighted by Gasteiger charge is -2.06. The monoisotopic (exact) mass is 295 g/mol. The van der Waals surface area contributed by atoms with E-state index in [0.29, 0.717) is 11.8 Å².